The van der Waals surface area contributed by atoms with Crippen molar-refractivity contribution in [2.45, 2.75) is 45.5 Å². The van der Waals surface area contributed by atoms with Gasteiger partial charge in [0.25, 0.3) is 0 Å². The minimum atomic E-state index is -4.49. The quantitative estimate of drug-likeness (QED) is 0.347. The zero-order valence-corrected chi connectivity index (χ0v) is 18.7. The first-order valence-corrected chi connectivity index (χ1v) is 8.91. The molecule has 0 saturated heterocycles. The summed E-state index contributed by atoms with van der Waals surface area (Å²) < 4.78 is 40.4. The fraction of sp³-hybridized carbons (Fsp3) is 0.474. The van der Waals surface area contributed by atoms with Crippen LogP contribution in [0.15, 0.2) is 41.5 Å². The highest BCUT2D eigenvalue weighted by molar-refractivity contribution is 14.0. The standard InChI is InChI=1S/C19H26F3N5.HI/c1-5-23-18(25-14(3)13(2)15-9-7-6-8-10-15)24-11-16-12-27(4)26-17(16)19(20,21)22;/h6-10,12-14H,5,11H2,1-4H3,(H2,23,24,25);1H. The minimum absolute atomic E-state index is 0. The molecule has 0 bridgehead atoms. The van der Waals surface area contributed by atoms with E-state index in [1.807, 2.05) is 32.0 Å². The number of alkyl halides is 3. The number of nitrogens with one attached hydrogen (secondary N) is 2. The van der Waals surface area contributed by atoms with Gasteiger partial charge < -0.3 is 10.6 Å². The summed E-state index contributed by atoms with van der Waals surface area (Å²) >= 11 is 0. The smallest absolute Gasteiger partial charge is 0.357 e. The summed E-state index contributed by atoms with van der Waals surface area (Å²) in [7, 11) is 1.47. The van der Waals surface area contributed by atoms with Crippen LogP contribution in [-0.4, -0.2) is 28.3 Å². The molecule has 0 radical (unpaired) electrons. The molecule has 2 aromatic rings. The van der Waals surface area contributed by atoms with Gasteiger partial charge in [0.15, 0.2) is 11.7 Å². The molecule has 156 valence electrons. The molecular formula is C19H27F3IN5. The number of aliphatic imine (C=N–C) groups is 1. The van der Waals surface area contributed by atoms with Crippen LogP contribution in [0.3, 0.4) is 0 Å². The van der Waals surface area contributed by atoms with Crippen LogP contribution in [0, 0.1) is 0 Å². The normalized spacial score (nSPS) is 14.2. The SMILES string of the molecule is CCNC(=NCc1cn(C)nc1C(F)(F)F)NC(C)C(C)c1ccccc1.I. The number of aryl methyl sites for hydroxylation is 1. The van der Waals surface area contributed by atoms with E-state index in [0.29, 0.717) is 12.5 Å². The Morgan fingerprint density at radius 3 is 2.43 bits per heavy atom. The number of hydrogen-bond acceptors (Lipinski definition) is 2. The van der Waals surface area contributed by atoms with Gasteiger partial charge in [0.1, 0.15) is 0 Å². The summed E-state index contributed by atoms with van der Waals surface area (Å²) in [4.78, 5) is 4.33. The Balaban J connectivity index is 0.00000392. The molecule has 2 atom stereocenters. The Hall–Kier alpha value is -1.78. The third kappa shape index (κ3) is 6.68. The highest BCUT2D eigenvalue weighted by Gasteiger charge is 2.36. The van der Waals surface area contributed by atoms with Crippen LogP contribution in [0.25, 0.3) is 0 Å². The summed E-state index contributed by atoms with van der Waals surface area (Å²) in [6, 6.07) is 10.1. The van der Waals surface area contributed by atoms with E-state index in [0.717, 1.165) is 4.68 Å². The Morgan fingerprint density at radius 1 is 1.21 bits per heavy atom. The molecule has 28 heavy (non-hydrogen) atoms. The van der Waals surface area contributed by atoms with Crippen LogP contribution in [0.4, 0.5) is 13.2 Å². The lowest BCUT2D eigenvalue weighted by molar-refractivity contribution is -0.142. The number of guanidine groups is 1. The van der Waals surface area contributed by atoms with Crippen LogP contribution in [0.1, 0.15) is 43.5 Å². The van der Waals surface area contributed by atoms with Crippen molar-refractivity contribution in [1.82, 2.24) is 20.4 Å². The lowest BCUT2D eigenvalue weighted by atomic mass is 9.94. The molecule has 0 aliphatic heterocycles. The van der Waals surface area contributed by atoms with Gasteiger partial charge in [-0.1, -0.05) is 37.3 Å². The largest absolute Gasteiger partial charge is 0.435 e. The van der Waals surface area contributed by atoms with Crippen molar-refractivity contribution in [3.8, 4) is 0 Å². The van der Waals surface area contributed by atoms with Gasteiger partial charge in [0, 0.05) is 37.3 Å². The number of nitrogens with zero attached hydrogens (tertiary/aromatic N) is 3. The third-order valence-corrected chi connectivity index (χ3v) is 4.36. The fourth-order valence-corrected chi connectivity index (χ4v) is 2.76. The van der Waals surface area contributed by atoms with Crippen molar-refractivity contribution in [2.75, 3.05) is 6.54 Å². The molecule has 5 nitrogen and oxygen atoms in total. The summed E-state index contributed by atoms with van der Waals surface area (Å²) in [5, 5.41) is 9.88. The van der Waals surface area contributed by atoms with Gasteiger partial charge >= 0.3 is 6.18 Å². The predicted molar refractivity (Wildman–Crippen MR) is 116 cm³/mol. The molecule has 2 N–H and O–H groups in total. The Bertz CT molecular complexity index is 759. The summed E-state index contributed by atoms with van der Waals surface area (Å²) in [5.41, 5.74) is 0.334. The van der Waals surface area contributed by atoms with Gasteiger partial charge in [0.05, 0.1) is 6.54 Å². The van der Waals surface area contributed by atoms with Crippen LogP contribution in [0.5, 0.6) is 0 Å². The molecule has 0 saturated carbocycles. The second kappa shape index (κ2) is 10.7. The fourth-order valence-electron chi connectivity index (χ4n) is 2.76. The first-order chi connectivity index (χ1) is 12.7. The summed E-state index contributed by atoms with van der Waals surface area (Å²) in [6.07, 6.45) is -3.14. The number of hydrogen-bond donors (Lipinski definition) is 2. The van der Waals surface area contributed by atoms with Crippen molar-refractivity contribution in [3.63, 3.8) is 0 Å². The van der Waals surface area contributed by atoms with Gasteiger partial charge in [-0.25, -0.2) is 4.99 Å². The molecule has 0 amide bonds. The van der Waals surface area contributed by atoms with E-state index in [-0.39, 0.29) is 48.0 Å². The zero-order chi connectivity index (χ0) is 20.0. The van der Waals surface area contributed by atoms with E-state index < -0.39 is 11.9 Å². The van der Waals surface area contributed by atoms with Gasteiger partial charge in [-0.15, -0.1) is 24.0 Å². The van der Waals surface area contributed by atoms with Crippen molar-refractivity contribution in [1.29, 1.82) is 0 Å². The molecule has 2 unspecified atom stereocenters. The van der Waals surface area contributed by atoms with Crippen molar-refractivity contribution in [3.05, 3.63) is 53.3 Å². The molecule has 9 heteroatoms. The summed E-state index contributed by atoms with van der Waals surface area (Å²) in [6.45, 7) is 6.53. The van der Waals surface area contributed by atoms with E-state index in [9.17, 15) is 13.2 Å². The number of halogens is 4. The van der Waals surface area contributed by atoms with Crippen LogP contribution < -0.4 is 10.6 Å². The van der Waals surface area contributed by atoms with Crippen molar-refractivity contribution >= 4 is 29.9 Å². The monoisotopic (exact) mass is 509 g/mol. The van der Waals surface area contributed by atoms with E-state index in [4.69, 9.17) is 0 Å². The minimum Gasteiger partial charge on any atom is -0.357 e. The Labute approximate surface area is 180 Å². The average Bonchev–Trinajstić information content (AvgIpc) is 3.01. The number of benzene rings is 1. The predicted octanol–water partition coefficient (Wildman–Crippen LogP) is 4.30. The second-order valence-corrected chi connectivity index (χ2v) is 6.50. The molecular weight excluding hydrogens is 482 g/mol. The second-order valence-electron chi connectivity index (χ2n) is 6.50. The molecule has 2 rings (SSSR count). The molecule has 0 fully saturated rings. The maximum atomic E-state index is 13.1. The van der Waals surface area contributed by atoms with E-state index in [1.165, 1.54) is 18.8 Å². The molecule has 0 aliphatic rings. The van der Waals surface area contributed by atoms with Gasteiger partial charge in [-0.2, -0.15) is 18.3 Å². The molecule has 1 heterocycles. The molecule has 0 spiro atoms. The van der Waals surface area contributed by atoms with Crippen LogP contribution in [-0.2, 0) is 19.8 Å². The number of aromatic nitrogens is 2. The van der Waals surface area contributed by atoms with Crippen molar-refractivity contribution < 1.29 is 13.2 Å². The van der Waals surface area contributed by atoms with E-state index >= 15 is 0 Å². The van der Waals surface area contributed by atoms with Gasteiger partial charge in [0.2, 0.25) is 0 Å². The molecule has 1 aromatic heterocycles. The molecule has 1 aromatic carbocycles. The highest BCUT2D eigenvalue weighted by atomic mass is 127. The van der Waals surface area contributed by atoms with Gasteiger partial charge in [-0.05, 0) is 19.4 Å². The van der Waals surface area contributed by atoms with Crippen molar-refractivity contribution in [2.24, 2.45) is 12.0 Å². The lowest BCUT2D eigenvalue weighted by Gasteiger charge is -2.24. The highest BCUT2D eigenvalue weighted by Crippen LogP contribution is 2.30. The number of rotatable bonds is 6. The first kappa shape index (κ1) is 24.3. The topological polar surface area (TPSA) is 54.2 Å². The Kier molecular flexibility index (Phi) is 9.25. The zero-order valence-electron chi connectivity index (χ0n) is 16.4. The molecule has 0 aliphatic carbocycles. The lowest BCUT2D eigenvalue weighted by Crippen LogP contribution is -2.44. The maximum Gasteiger partial charge on any atom is 0.435 e. The first-order valence-electron chi connectivity index (χ1n) is 8.91. The van der Waals surface area contributed by atoms with E-state index in [2.05, 4.69) is 39.8 Å². The average molecular weight is 509 g/mol. The van der Waals surface area contributed by atoms with E-state index in [1.54, 1.807) is 0 Å². The third-order valence-electron chi connectivity index (χ3n) is 4.36. The van der Waals surface area contributed by atoms with Gasteiger partial charge in [-0.3, -0.25) is 4.68 Å². The van der Waals surface area contributed by atoms with Crippen LogP contribution >= 0.6 is 24.0 Å². The Morgan fingerprint density at radius 2 is 1.86 bits per heavy atom. The maximum absolute atomic E-state index is 13.1. The van der Waals surface area contributed by atoms with Crippen LogP contribution in [0.2, 0.25) is 0 Å². The summed E-state index contributed by atoms with van der Waals surface area (Å²) in [5.74, 6) is 0.684.